The zero-order valence-corrected chi connectivity index (χ0v) is 15.5. The highest BCUT2D eigenvalue weighted by atomic mass is 16.7. The number of fused-ring (bicyclic) bond motifs is 1. The summed E-state index contributed by atoms with van der Waals surface area (Å²) in [7, 11) is -0.574. The predicted molar refractivity (Wildman–Crippen MR) is 96.2 cm³/mol. The second kappa shape index (κ2) is 6.46. The minimum atomic E-state index is -0.574. The number of nitrogens with one attached hydrogen (secondary N) is 1. The summed E-state index contributed by atoms with van der Waals surface area (Å²) in [5.74, 6) is 0.0166. The highest BCUT2D eigenvalue weighted by Gasteiger charge is 2.55. The Bertz CT molecular complexity index is 722. The van der Waals surface area contributed by atoms with Gasteiger partial charge in [0.2, 0.25) is 0 Å². The van der Waals surface area contributed by atoms with Crippen LogP contribution in [-0.2, 0) is 18.8 Å². The molecule has 1 aliphatic rings. The van der Waals surface area contributed by atoms with Crippen molar-refractivity contribution >= 4 is 24.1 Å². The molecule has 3 rings (SSSR count). The lowest BCUT2D eigenvalue weighted by Crippen LogP contribution is -2.41. The molecule has 0 bridgehead atoms. The van der Waals surface area contributed by atoms with E-state index in [4.69, 9.17) is 14.0 Å². The van der Waals surface area contributed by atoms with Crippen molar-refractivity contribution in [3.63, 3.8) is 0 Å². The third-order valence-electron chi connectivity index (χ3n) is 5.05. The molecule has 2 heterocycles. The molecule has 0 radical (unpaired) electrons. The van der Waals surface area contributed by atoms with Crippen molar-refractivity contribution in [2.45, 2.75) is 58.1 Å². The van der Waals surface area contributed by atoms with Gasteiger partial charge in [-0.2, -0.15) is 0 Å². The molecule has 0 amide bonds. The van der Waals surface area contributed by atoms with Crippen LogP contribution in [0.15, 0.2) is 24.3 Å². The van der Waals surface area contributed by atoms with Crippen LogP contribution in [0, 0.1) is 0 Å². The lowest BCUT2D eigenvalue weighted by molar-refractivity contribution is -0.143. The fourth-order valence-corrected chi connectivity index (χ4v) is 2.92. The molecule has 6 nitrogen and oxygen atoms in total. The van der Waals surface area contributed by atoms with Gasteiger partial charge < -0.3 is 19.0 Å². The van der Waals surface area contributed by atoms with Crippen molar-refractivity contribution in [3.8, 4) is 0 Å². The molecule has 134 valence electrons. The van der Waals surface area contributed by atoms with Crippen LogP contribution in [-0.4, -0.2) is 40.9 Å². The van der Waals surface area contributed by atoms with Crippen molar-refractivity contribution in [3.05, 3.63) is 30.1 Å². The Hall–Kier alpha value is -1.86. The molecule has 7 heteroatoms. The largest absolute Gasteiger partial charge is 0.469 e. The molecule has 1 aromatic carbocycles. The van der Waals surface area contributed by atoms with E-state index >= 15 is 0 Å². The maximum Gasteiger partial charge on any atom is 0.469 e. The van der Waals surface area contributed by atoms with Crippen molar-refractivity contribution in [2.24, 2.45) is 0 Å². The third-order valence-corrected chi connectivity index (χ3v) is 5.05. The number of aromatic nitrogens is 2. The molecule has 0 spiro atoms. The Morgan fingerprint density at radius 2 is 1.88 bits per heavy atom. The summed E-state index contributed by atoms with van der Waals surface area (Å²) in [5.41, 5.74) is 0.818. The number of esters is 1. The normalized spacial score (nSPS) is 20.0. The summed E-state index contributed by atoms with van der Waals surface area (Å²) >= 11 is 0. The van der Waals surface area contributed by atoms with E-state index < -0.39 is 18.3 Å². The minimum absolute atomic E-state index is 0.143. The van der Waals surface area contributed by atoms with E-state index in [2.05, 4.69) is 9.97 Å². The molecule has 1 unspecified atom stereocenters. The number of H-pyrrole nitrogens is 1. The molecule has 25 heavy (non-hydrogen) atoms. The van der Waals surface area contributed by atoms with Crippen molar-refractivity contribution < 1.29 is 18.8 Å². The Kier molecular flexibility index (Phi) is 4.64. The van der Waals surface area contributed by atoms with Crippen LogP contribution in [0.25, 0.3) is 11.0 Å². The van der Waals surface area contributed by atoms with Crippen LogP contribution in [0.5, 0.6) is 0 Å². The van der Waals surface area contributed by atoms with E-state index in [9.17, 15) is 4.79 Å². The lowest BCUT2D eigenvalue weighted by Gasteiger charge is -2.32. The number of imidazole rings is 1. The van der Waals surface area contributed by atoms with E-state index in [1.165, 1.54) is 0 Å². The summed E-state index contributed by atoms with van der Waals surface area (Å²) < 4.78 is 17.5. The van der Waals surface area contributed by atoms with Gasteiger partial charge in [-0.1, -0.05) is 12.1 Å². The van der Waals surface area contributed by atoms with Gasteiger partial charge in [-0.15, -0.1) is 0 Å². The number of aromatic amines is 1. The third kappa shape index (κ3) is 3.44. The van der Waals surface area contributed by atoms with Gasteiger partial charge in [0.15, 0.2) is 0 Å². The van der Waals surface area contributed by atoms with Crippen LogP contribution >= 0.6 is 0 Å². The molecule has 0 aliphatic carbocycles. The topological polar surface area (TPSA) is 73.4 Å². The Morgan fingerprint density at radius 3 is 2.48 bits per heavy atom. The van der Waals surface area contributed by atoms with Crippen molar-refractivity contribution in [1.29, 1.82) is 0 Å². The van der Waals surface area contributed by atoms with E-state index in [1.54, 1.807) is 6.92 Å². The summed E-state index contributed by atoms with van der Waals surface area (Å²) in [6.45, 7) is 10.1. The molecule has 2 aromatic rings. The molecule has 0 saturated carbocycles. The van der Waals surface area contributed by atoms with Crippen molar-refractivity contribution in [1.82, 2.24) is 9.97 Å². The quantitative estimate of drug-likeness (QED) is 0.666. The first-order valence-corrected chi connectivity index (χ1v) is 8.69. The number of hydrogen-bond acceptors (Lipinski definition) is 5. The maximum absolute atomic E-state index is 12.1. The van der Waals surface area contributed by atoms with Gasteiger partial charge in [0.1, 0.15) is 5.82 Å². The van der Waals surface area contributed by atoms with Gasteiger partial charge >= 0.3 is 13.1 Å². The highest BCUT2D eigenvalue weighted by molar-refractivity contribution is 6.48. The number of ether oxygens (including phenoxy) is 1. The standard InChI is InChI=1S/C18H25BN2O4/c1-6-23-15(22)11-12(19-24-17(2,3)18(4,5)25-19)16-20-13-9-7-8-10-14(13)21-16/h7-10,12H,6,11H2,1-5H3,(H,20,21). The minimum Gasteiger partial charge on any atom is -0.466 e. The summed E-state index contributed by atoms with van der Waals surface area (Å²) in [6, 6.07) is 7.76. The number of para-hydroxylation sites is 2. The van der Waals surface area contributed by atoms with E-state index in [-0.39, 0.29) is 18.2 Å². The number of hydrogen-bond donors (Lipinski definition) is 1. The molecule has 1 N–H and O–H groups in total. The average Bonchev–Trinajstić information content (AvgIpc) is 3.03. The van der Waals surface area contributed by atoms with Crippen LogP contribution in [0.1, 0.15) is 52.7 Å². The summed E-state index contributed by atoms with van der Waals surface area (Å²) in [4.78, 5) is 20.1. The van der Waals surface area contributed by atoms with Gasteiger partial charge in [0, 0.05) is 0 Å². The van der Waals surface area contributed by atoms with Crippen LogP contribution in [0.2, 0.25) is 0 Å². The maximum atomic E-state index is 12.1. The molecular weight excluding hydrogens is 319 g/mol. The molecule has 1 aromatic heterocycles. The van der Waals surface area contributed by atoms with Crippen LogP contribution in [0.3, 0.4) is 0 Å². The fourth-order valence-electron chi connectivity index (χ4n) is 2.92. The van der Waals surface area contributed by atoms with Gasteiger partial charge in [-0.05, 0) is 46.8 Å². The lowest BCUT2D eigenvalue weighted by atomic mass is 9.69. The van der Waals surface area contributed by atoms with Gasteiger partial charge in [-0.3, -0.25) is 4.79 Å². The van der Waals surface area contributed by atoms with Gasteiger partial charge in [0.25, 0.3) is 0 Å². The molecule has 1 fully saturated rings. The smallest absolute Gasteiger partial charge is 0.466 e. The first kappa shape index (κ1) is 18.0. The van der Waals surface area contributed by atoms with E-state index in [0.29, 0.717) is 12.4 Å². The molecular formula is C18H25BN2O4. The average molecular weight is 344 g/mol. The SMILES string of the molecule is CCOC(=O)CC(B1OC(C)(C)C(C)(C)O1)c1nc2ccccc2[nH]1. The second-order valence-electron chi connectivity index (χ2n) is 7.38. The Morgan fingerprint density at radius 1 is 1.24 bits per heavy atom. The monoisotopic (exact) mass is 344 g/mol. The number of carbonyl (C=O) groups is 1. The first-order valence-electron chi connectivity index (χ1n) is 8.69. The Labute approximate surface area is 148 Å². The zero-order valence-electron chi connectivity index (χ0n) is 15.5. The van der Waals surface area contributed by atoms with E-state index in [1.807, 2.05) is 52.0 Å². The number of carbonyl (C=O) groups excluding carboxylic acids is 1. The van der Waals surface area contributed by atoms with Crippen LogP contribution in [0.4, 0.5) is 0 Å². The van der Waals surface area contributed by atoms with Gasteiger partial charge in [-0.25, -0.2) is 4.98 Å². The van der Waals surface area contributed by atoms with E-state index in [0.717, 1.165) is 11.0 Å². The number of nitrogens with zero attached hydrogens (tertiary/aromatic N) is 1. The molecule has 1 atom stereocenters. The Balaban J connectivity index is 1.94. The fraction of sp³-hybridized carbons (Fsp3) is 0.556. The number of benzene rings is 1. The summed E-state index contributed by atoms with van der Waals surface area (Å²) in [5, 5.41) is 0. The summed E-state index contributed by atoms with van der Waals surface area (Å²) in [6.07, 6.45) is 0.143. The highest BCUT2D eigenvalue weighted by Crippen LogP contribution is 2.41. The second-order valence-corrected chi connectivity index (χ2v) is 7.38. The van der Waals surface area contributed by atoms with Gasteiger partial charge in [0.05, 0.1) is 41.1 Å². The van der Waals surface area contributed by atoms with Crippen molar-refractivity contribution in [2.75, 3.05) is 6.61 Å². The molecule has 1 saturated heterocycles. The number of rotatable bonds is 5. The van der Waals surface area contributed by atoms with Crippen LogP contribution < -0.4 is 0 Å². The molecule has 1 aliphatic heterocycles. The predicted octanol–water partition coefficient (Wildman–Crippen LogP) is 3.23. The first-order chi connectivity index (χ1) is 11.7. The zero-order chi connectivity index (χ0) is 18.2.